The topological polar surface area (TPSA) is 87.2 Å². The fourth-order valence-corrected chi connectivity index (χ4v) is 2.66. The summed E-state index contributed by atoms with van der Waals surface area (Å²) in [6.07, 6.45) is -0.178. The van der Waals surface area contributed by atoms with E-state index >= 15 is 0 Å². The number of rotatable bonds is 3. The SMILES string of the molecule is CC(C)(C)OC(=O)N1CCN(c2ccc(F)cc2C=O)CC1C(=O)O. The third-order valence-electron chi connectivity index (χ3n) is 3.75. The maximum atomic E-state index is 13.3. The molecule has 0 bridgehead atoms. The lowest BCUT2D eigenvalue weighted by Crippen LogP contribution is -2.59. The molecule has 25 heavy (non-hydrogen) atoms. The number of hydrogen-bond donors (Lipinski definition) is 1. The summed E-state index contributed by atoms with van der Waals surface area (Å²) in [4.78, 5) is 37.9. The Balaban J connectivity index is 2.23. The van der Waals surface area contributed by atoms with Crippen molar-refractivity contribution >= 4 is 24.0 Å². The summed E-state index contributed by atoms with van der Waals surface area (Å²) in [5, 5.41) is 9.49. The number of carboxylic acid groups (broad SMARTS) is 1. The second-order valence-corrected chi connectivity index (χ2v) is 6.79. The number of carbonyl (C=O) groups excluding carboxylic acids is 2. The van der Waals surface area contributed by atoms with Crippen LogP contribution in [0.5, 0.6) is 0 Å². The Kier molecular flexibility index (Phi) is 5.30. The van der Waals surface area contributed by atoms with Gasteiger partial charge >= 0.3 is 12.1 Å². The number of hydrogen-bond acceptors (Lipinski definition) is 5. The highest BCUT2D eigenvalue weighted by molar-refractivity contribution is 5.86. The molecule has 1 saturated heterocycles. The lowest BCUT2D eigenvalue weighted by molar-refractivity contribution is -0.143. The van der Waals surface area contributed by atoms with Gasteiger partial charge in [0.1, 0.15) is 17.5 Å². The van der Waals surface area contributed by atoms with E-state index in [1.807, 2.05) is 0 Å². The summed E-state index contributed by atoms with van der Waals surface area (Å²) in [5.41, 5.74) is -0.166. The Labute approximate surface area is 145 Å². The lowest BCUT2D eigenvalue weighted by Gasteiger charge is -2.41. The first kappa shape index (κ1) is 18.7. The Morgan fingerprint density at radius 1 is 1.32 bits per heavy atom. The molecule has 0 aliphatic carbocycles. The zero-order valence-corrected chi connectivity index (χ0v) is 14.4. The van der Waals surface area contributed by atoms with E-state index < -0.39 is 29.5 Å². The quantitative estimate of drug-likeness (QED) is 0.839. The largest absolute Gasteiger partial charge is 0.480 e. The molecule has 0 saturated carbocycles. The van der Waals surface area contributed by atoms with Gasteiger partial charge in [0.25, 0.3) is 0 Å². The first-order valence-electron chi connectivity index (χ1n) is 7.84. The van der Waals surface area contributed by atoms with Crippen molar-refractivity contribution in [3.8, 4) is 0 Å². The third-order valence-corrected chi connectivity index (χ3v) is 3.75. The fourth-order valence-electron chi connectivity index (χ4n) is 2.66. The third kappa shape index (κ3) is 4.46. The van der Waals surface area contributed by atoms with Crippen molar-refractivity contribution < 1.29 is 28.6 Å². The number of benzene rings is 1. The van der Waals surface area contributed by atoms with Crippen LogP contribution < -0.4 is 4.90 Å². The number of ether oxygens (including phenoxy) is 1. The minimum Gasteiger partial charge on any atom is -0.480 e. The molecule has 0 radical (unpaired) electrons. The number of aliphatic carboxylic acids is 1. The van der Waals surface area contributed by atoms with Crippen LogP contribution in [0.2, 0.25) is 0 Å². The van der Waals surface area contributed by atoms with Crippen LogP contribution in [0.1, 0.15) is 31.1 Å². The van der Waals surface area contributed by atoms with E-state index in [9.17, 15) is 23.9 Å². The molecule has 1 heterocycles. The molecule has 1 fully saturated rings. The summed E-state index contributed by atoms with van der Waals surface area (Å²) in [7, 11) is 0. The summed E-state index contributed by atoms with van der Waals surface area (Å²) < 4.78 is 18.5. The number of piperazine rings is 1. The van der Waals surface area contributed by atoms with Crippen LogP contribution in [0.3, 0.4) is 0 Å². The molecular formula is C17H21FN2O5. The molecule has 1 aliphatic rings. The molecule has 1 N–H and O–H groups in total. The smallest absolute Gasteiger partial charge is 0.411 e. The normalized spacial score (nSPS) is 18.0. The number of anilines is 1. The van der Waals surface area contributed by atoms with Gasteiger partial charge in [-0.3, -0.25) is 9.69 Å². The Hall–Kier alpha value is -2.64. The van der Waals surface area contributed by atoms with Crippen molar-refractivity contribution in [2.45, 2.75) is 32.4 Å². The van der Waals surface area contributed by atoms with Crippen LogP contribution in [-0.2, 0) is 9.53 Å². The molecule has 8 heteroatoms. The van der Waals surface area contributed by atoms with Crippen molar-refractivity contribution in [1.82, 2.24) is 4.90 Å². The Morgan fingerprint density at radius 3 is 2.56 bits per heavy atom. The van der Waals surface area contributed by atoms with Gasteiger partial charge in [-0.25, -0.2) is 14.0 Å². The van der Waals surface area contributed by atoms with E-state index in [0.29, 0.717) is 18.5 Å². The zero-order chi connectivity index (χ0) is 18.8. The highest BCUT2D eigenvalue weighted by Gasteiger charge is 2.38. The molecule has 2 rings (SSSR count). The van der Waals surface area contributed by atoms with Gasteiger partial charge in [0.2, 0.25) is 0 Å². The molecule has 1 unspecified atom stereocenters. The van der Waals surface area contributed by atoms with Crippen LogP contribution in [0, 0.1) is 5.82 Å². The number of carbonyl (C=O) groups is 3. The minimum atomic E-state index is -1.18. The van der Waals surface area contributed by atoms with Gasteiger partial charge in [-0.1, -0.05) is 0 Å². The monoisotopic (exact) mass is 352 g/mol. The molecule has 1 atom stereocenters. The molecule has 7 nitrogen and oxygen atoms in total. The second kappa shape index (κ2) is 7.08. The molecular weight excluding hydrogens is 331 g/mol. The maximum Gasteiger partial charge on any atom is 0.411 e. The average Bonchev–Trinajstić information content (AvgIpc) is 2.52. The van der Waals surface area contributed by atoms with Crippen LogP contribution in [0.4, 0.5) is 14.9 Å². The molecule has 136 valence electrons. The Morgan fingerprint density at radius 2 is 2.00 bits per heavy atom. The van der Waals surface area contributed by atoms with E-state index in [2.05, 4.69) is 0 Å². The number of amides is 1. The number of aldehydes is 1. The maximum absolute atomic E-state index is 13.3. The van der Waals surface area contributed by atoms with Crippen LogP contribution in [-0.4, -0.2) is 59.6 Å². The van der Waals surface area contributed by atoms with Gasteiger partial charge in [-0.05, 0) is 39.0 Å². The van der Waals surface area contributed by atoms with E-state index in [1.54, 1.807) is 25.7 Å². The minimum absolute atomic E-state index is 0.0267. The summed E-state index contributed by atoms with van der Waals surface area (Å²) in [5.74, 6) is -1.72. The first-order valence-corrected chi connectivity index (χ1v) is 7.84. The van der Waals surface area contributed by atoms with Gasteiger partial charge in [0.15, 0.2) is 6.29 Å². The van der Waals surface area contributed by atoms with Crippen molar-refractivity contribution in [2.75, 3.05) is 24.5 Å². The highest BCUT2D eigenvalue weighted by Crippen LogP contribution is 2.24. The zero-order valence-electron chi connectivity index (χ0n) is 14.4. The number of halogens is 1. The van der Waals surface area contributed by atoms with Crippen molar-refractivity contribution in [1.29, 1.82) is 0 Å². The number of carboxylic acids is 1. The molecule has 0 aromatic heterocycles. The predicted octanol–water partition coefficient (Wildman–Crippen LogP) is 2.15. The van der Waals surface area contributed by atoms with Gasteiger partial charge in [-0.2, -0.15) is 0 Å². The lowest BCUT2D eigenvalue weighted by atomic mass is 10.1. The molecule has 1 aromatic carbocycles. The van der Waals surface area contributed by atoms with E-state index in [0.717, 1.165) is 11.0 Å². The summed E-state index contributed by atoms with van der Waals surface area (Å²) in [6.45, 7) is 5.49. The van der Waals surface area contributed by atoms with Crippen molar-refractivity contribution in [2.24, 2.45) is 0 Å². The van der Waals surface area contributed by atoms with Gasteiger partial charge < -0.3 is 14.7 Å². The van der Waals surface area contributed by atoms with Crippen LogP contribution in [0.15, 0.2) is 18.2 Å². The molecule has 1 amide bonds. The first-order chi connectivity index (χ1) is 11.6. The van der Waals surface area contributed by atoms with Crippen molar-refractivity contribution in [3.05, 3.63) is 29.6 Å². The second-order valence-electron chi connectivity index (χ2n) is 6.79. The van der Waals surface area contributed by atoms with E-state index in [-0.39, 0.29) is 18.7 Å². The fraction of sp³-hybridized carbons (Fsp3) is 0.471. The average molecular weight is 352 g/mol. The molecule has 1 aliphatic heterocycles. The number of nitrogens with zero attached hydrogens (tertiary/aromatic N) is 2. The van der Waals surface area contributed by atoms with Gasteiger partial charge in [0.05, 0.1) is 0 Å². The van der Waals surface area contributed by atoms with E-state index in [4.69, 9.17) is 4.74 Å². The molecule has 0 spiro atoms. The Bertz CT molecular complexity index is 686. The standard InChI is InChI=1S/C17H21FN2O5/c1-17(2,3)25-16(24)20-7-6-19(9-14(20)15(22)23)13-5-4-12(18)8-11(13)10-21/h4-5,8,10,14H,6-7,9H2,1-3H3,(H,22,23). The van der Waals surface area contributed by atoms with Crippen LogP contribution in [0.25, 0.3) is 0 Å². The van der Waals surface area contributed by atoms with Crippen molar-refractivity contribution in [3.63, 3.8) is 0 Å². The van der Waals surface area contributed by atoms with E-state index in [1.165, 1.54) is 12.1 Å². The predicted molar refractivity (Wildman–Crippen MR) is 88.4 cm³/mol. The van der Waals surface area contributed by atoms with Gasteiger partial charge in [-0.15, -0.1) is 0 Å². The molecule has 1 aromatic rings. The summed E-state index contributed by atoms with van der Waals surface area (Å²) in [6, 6.07) is 2.60. The highest BCUT2D eigenvalue weighted by atomic mass is 19.1. The summed E-state index contributed by atoms with van der Waals surface area (Å²) >= 11 is 0. The van der Waals surface area contributed by atoms with Crippen LogP contribution >= 0.6 is 0 Å². The van der Waals surface area contributed by atoms with Gasteiger partial charge in [0, 0.05) is 30.9 Å².